The van der Waals surface area contributed by atoms with Crippen LogP contribution in [0.5, 0.6) is 0 Å². The predicted octanol–water partition coefficient (Wildman–Crippen LogP) is 3.73. The van der Waals surface area contributed by atoms with Crippen LogP contribution in [-0.4, -0.2) is 15.6 Å². The van der Waals surface area contributed by atoms with E-state index in [1.54, 1.807) is 13.8 Å². The van der Waals surface area contributed by atoms with Crippen LogP contribution in [0.3, 0.4) is 0 Å². The first-order valence-electron chi connectivity index (χ1n) is 6.85. The van der Waals surface area contributed by atoms with Gasteiger partial charge in [-0.3, -0.25) is 4.79 Å². The molecule has 0 atom stereocenters. The number of fused-ring (bicyclic) bond motifs is 1. The summed E-state index contributed by atoms with van der Waals surface area (Å²) in [7, 11) is 0. The maximum atomic E-state index is 11.5. The van der Waals surface area contributed by atoms with Crippen molar-refractivity contribution in [2.24, 2.45) is 0 Å². The molecule has 0 bridgehead atoms. The van der Waals surface area contributed by atoms with Gasteiger partial charge in [-0.2, -0.15) is 0 Å². The van der Waals surface area contributed by atoms with Crippen molar-refractivity contribution in [3.05, 3.63) is 36.0 Å². The highest BCUT2D eigenvalue weighted by Crippen LogP contribution is 2.38. The number of aliphatic carboxylic acids is 1. The molecule has 1 aromatic heterocycles. The molecule has 0 saturated heterocycles. The Morgan fingerprint density at radius 2 is 2.05 bits per heavy atom. The summed E-state index contributed by atoms with van der Waals surface area (Å²) in [5, 5.41) is 10.6. The Balaban J connectivity index is 2.24. The Kier molecular flexibility index (Phi) is 2.66. The molecule has 0 radical (unpaired) electrons. The second-order valence-corrected chi connectivity index (χ2v) is 5.98. The van der Waals surface area contributed by atoms with E-state index in [0.29, 0.717) is 6.04 Å². The molecule has 1 fully saturated rings. The zero-order chi connectivity index (χ0) is 13.6. The van der Waals surface area contributed by atoms with E-state index >= 15 is 0 Å². The third-order valence-corrected chi connectivity index (χ3v) is 4.42. The molecule has 1 saturated carbocycles. The van der Waals surface area contributed by atoms with Crippen LogP contribution in [0, 0.1) is 0 Å². The largest absolute Gasteiger partial charge is 0.481 e. The minimum atomic E-state index is -0.862. The number of carboxylic acids is 1. The number of hydrogen-bond donors (Lipinski definition) is 1. The first kappa shape index (κ1) is 12.3. The molecule has 0 aliphatic heterocycles. The van der Waals surface area contributed by atoms with E-state index in [1.165, 1.54) is 19.3 Å². The Morgan fingerprint density at radius 1 is 1.32 bits per heavy atom. The monoisotopic (exact) mass is 257 g/mol. The van der Waals surface area contributed by atoms with E-state index in [0.717, 1.165) is 16.5 Å². The van der Waals surface area contributed by atoms with Gasteiger partial charge in [0.1, 0.15) is 0 Å². The molecule has 2 aromatic rings. The summed E-state index contributed by atoms with van der Waals surface area (Å²) >= 11 is 0. The minimum absolute atomic E-state index is 0.545. The van der Waals surface area contributed by atoms with Gasteiger partial charge in [-0.05, 0) is 50.1 Å². The highest BCUT2D eigenvalue weighted by molar-refractivity contribution is 5.91. The maximum Gasteiger partial charge on any atom is 0.313 e. The van der Waals surface area contributed by atoms with Crippen molar-refractivity contribution >= 4 is 16.9 Å². The molecule has 0 unspecified atom stereocenters. The summed E-state index contributed by atoms with van der Waals surface area (Å²) in [4.78, 5) is 11.5. The fraction of sp³-hybridized carbons (Fsp3) is 0.438. The average molecular weight is 257 g/mol. The normalized spacial score (nSPS) is 16.5. The number of aromatic nitrogens is 1. The predicted molar refractivity (Wildman–Crippen MR) is 75.5 cm³/mol. The van der Waals surface area contributed by atoms with Gasteiger partial charge >= 0.3 is 5.97 Å². The number of para-hydroxylation sites is 1. The second kappa shape index (κ2) is 4.12. The fourth-order valence-corrected chi connectivity index (χ4v) is 2.81. The van der Waals surface area contributed by atoms with Crippen LogP contribution in [-0.2, 0) is 10.2 Å². The maximum absolute atomic E-state index is 11.5. The molecule has 1 aliphatic rings. The van der Waals surface area contributed by atoms with E-state index in [9.17, 15) is 9.90 Å². The zero-order valence-corrected chi connectivity index (χ0v) is 11.4. The van der Waals surface area contributed by atoms with Gasteiger partial charge in [0, 0.05) is 12.2 Å². The van der Waals surface area contributed by atoms with E-state index in [1.807, 2.05) is 12.1 Å². The van der Waals surface area contributed by atoms with Crippen LogP contribution in [0.2, 0.25) is 0 Å². The molecule has 1 aliphatic carbocycles. The Labute approximate surface area is 112 Å². The van der Waals surface area contributed by atoms with Crippen LogP contribution in [0.25, 0.3) is 10.9 Å². The van der Waals surface area contributed by atoms with Crippen molar-refractivity contribution in [1.29, 1.82) is 0 Å². The van der Waals surface area contributed by atoms with Gasteiger partial charge in [0.25, 0.3) is 0 Å². The standard InChI is InChI=1S/C16H19NO2/c1-16(2,15(18)19)13-8-3-5-11-9-10-17(14(11)13)12-6-4-7-12/h3,5,8-10,12H,4,6-7H2,1-2H3,(H,18,19). The average Bonchev–Trinajstić information content (AvgIpc) is 2.70. The molecule has 1 aromatic carbocycles. The smallest absolute Gasteiger partial charge is 0.313 e. The van der Waals surface area contributed by atoms with Gasteiger partial charge < -0.3 is 9.67 Å². The SMILES string of the molecule is CC(C)(C(=O)O)c1cccc2ccn(C3CCC3)c12. The first-order chi connectivity index (χ1) is 9.01. The van der Waals surface area contributed by atoms with Gasteiger partial charge in [0.2, 0.25) is 0 Å². The lowest BCUT2D eigenvalue weighted by molar-refractivity contribution is -0.142. The Morgan fingerprint density at radius 3 is 2.63 bits per heavy atom. The van der Waals surface area contributed by atoms with Gasteiger partial charge in [0.15, 0.2) is 0 Å². The number of rotatable bonds is 3. The molecular formula is C16H19NO2. The Hall–Kier alpha value is -1.77. The molecule has 1 heterocycles. The zero-order valence-electron chi connectivity index (χ0n) is 11.4. The summed E-state index contributed by atoms with van der Waals surface area (Å²) in [5.74, 6) is -0.777. The summed E-state index contributed by atoms with van der Waals surface area (Å²) in [6, 6.07) is 8.60. The molecule has 3 nitrogen and oxygen atoms in total. The van der Waals surface area contributed by atoms with Crippen molar-refractivity contribution in [3.8, 4) is 0 Å². The van der Waals surface area contributed by atoms with Crippen LogP contribution in [0.1, 0.15) is 44.7 Å². The summed E-state index contributed by atoms with van der Waals surface area (Å²) < 4.78 is 2.28. The van der Waals surface area contributed by atoms with Crippen molar-refractivity contribution in [2.45, 2.75) is 44.6 Å². The lowest BCUT2D eigenvalue weighted by atomic mass is 9.83. The van der Waals surface area contributed by atoms with E-state index in [4.69, 9.17) is 0 Å². The van der Waals surface area contributed by atoms with E-state index in [2.05, 4.69) is 22.9 Å². The highest BCUT2D eigenvalue weighted by atomic mass is 16.4. The summed E-state index contributed by atoms with van der Waals surface area (Å²) in [6.45, 7) is 3.56. The highest BCUT2D eigenvalue weighted by Gasteiger charge is 2.33. The lowest BCUT2D eigenvalue weighted by Gasteiger charge is -2.30. The Bertz CT molecular complexity index is 635. The summed E-state index contributed by atoms with van der Waals surface area (Å²) in [5.41, 5.74) is 1.15. The van der Waals surface area contributed by atoms with Crippen molar-refractivity contribution < 1.29 is 9.90 Å². The van der Waals surface area contributed by atoms with Gasteiger partial charge in [-0.1, -0.05) is 18.2 Å². The molecule has 1 N–H and O–H groups in total. The third-order valence-electron chi connectivity index (χ3n) is 4.42. The molecule has 100 valence electrons. The van der Waals surface area contributed by atoms with Crippen LogP contribution in [0.15, 0.2) is 30.5 Å². The van der Waals surface area contributed by atoms with Crippen molar-refractivity contribution in [3.63, 3.8) is 0 Å². The summed E-state index contributed by atoms with van der Waals surface area (Å²) in [6.07, 6.45) is 5.78. The second-order valence-electron chi connectivity index (χ2n) is 5.98. The first-order valence-corrected chi connectivity index (χ1v) is 6.85. The molecule has 3 rings (SSSR count). The van der Waals surface area contributed by atoms with Gasteiger partial charge in [-0.25, -0.2) is 0 Å². The molecular weight excluding hydrogens is 238 g/mol. The third kappa shape index (κ3) is 1.76. The molecule has 19 heavy (non-hydrogen) atoms. The number of nitrogens with zero attached hydrogens (tertiary/aromatic N) is 1. The quantitative estimate of drug-likeness (QED) is 0.910. The van der Waals surface area contributed by atoms with E-state index in [-0.39, 0.29) is 0 Å². The topological polar surface area (TPSA) is 42.2 Å². The van der Waals surface area contributed by atoms with Gasteiger partial charge in [-0.15, -0.1) is 0 Å². The van der Waals surface area contributed by atoms with Crippen molar-refractivity contribution in [1.82, 2.24) is 4.57 Å². The van der Waals surface area contributed by atoms with Crippen LogP contribution >= 0.6 is 0 Å². The molecule has 0 spiro atoms. The molecule has 0 amide bonds. The number of hydrogen-bond acceptors (Lipinski definition) is 1. The molecule has 3 heteroatoms. The van der Waals surface area contributed by atoms with Crippen LogP contribution < -0.4 is 0 Å². The number of benzene rings is 1. The van der Waals surface area contributed by atoms with Gasteiger partial charge in [0.05, 0.1) is 10.9 Å². The number of carboxylic acid groups (broad SMARTS) is 1. The van der Waals surface area contributed by atoms with E-state index < -0.39 is 11.4 Å². The fourth-order valence-electron chi connectivity index (χ4n) is 2.81. The van der Waals surface area contributed by atoms with Crippen LogP contribution in [0.4, 0.5) is 0 Å². The number of carbonyl (C=O) groups is 1. The van der Waals surface area contributed by atoms with Crippen molar-refractivity contribution in [2.75, 3.05) is 0 Å². The minimum Gasteiger partial charge on any atom is -0.481 e. The lowest BCUT2D eigenvalue weighted by Crippen LogP contribution is -2.29.